The number of anilines is 2. The standard InChI is InChI=1S/C22H17Cl2N5S.2C2HF3O2/c1-11(2)30-12-8-15(23)18(16(24)9-12)22-28-19-13-5-7-25-10-17(13)27-21-14(20(19)29-22)4-3-6-26-21;2*3-2(4,5)1(6)7/h3-11H,1-2H3,(H,26,27)(H,28,29);2*(H,6,7). The molecule has 18 heteroatoms. The molecule has 1 aliphatic rings. The number of halogens is 8. The van der Waals surface area contributed by atoms with E-state index < -0.39 is 24.3 Å². The first-order chi connectivity index (χ1) is 20.4. The van der Waals surface area contributed by atoms with E-state index in [0.717, 1.165) is 38.9 Å². The summed E-state index contributed by atoms with van der Waals surface area (Å²) >= 11 is 15.0. The summed E-state index contributed by atoms with van der Waals surface area (Å²) < 4.78 is 63.5. The number of alkyl halides is 6. The third-order valence-electron chi connectivity index (χ3n) is 5.22. The number of nitrogens with zero attached hydrogens (tertiary/aromatic N) is 3. The molecule has 3 aromatic heterocycles. The Morgan fingerprint density at radius 3 is 2.02 bits per heavy atom. The van der Waals surface area contributed by atoms with Crippen LogP contribution in [-0.2, 0) is 9.59 Å². The van der Waals surface area contributed by atoms with E-state index in [2.05, 4.69) is 34.1 Å². The number of imidazole rings is 1. The van der Waals surface area contributed by atoms with Crippen LogP contribution in [0.1, 0.15) is 13.8 Å². The van der Waals surface area contributed by atoms with E-state index in [4.69, 9.17) is 48.0 Å². The second-order valence-corrected chi connectivity index (χ2v) is 11.3. The number of aromatic amines is 1. The fraction of sp³-hybridized carbons (Fsp3) is 0.192. The van der Waals surface area contributed by atoms with Gasteiger partial charge in [0.05, 0.1) is 33.2 Å². The maximum atomic E-state index is 10.6. The normalized spacial score (nSPS) is 11.8. The van der Waals surface area contributed by atoms with Crippen LogP contribution >= 0.6 is 35.0 Å². The number of aromatic nitrogens is 4. The van der Waals surface area contributed by atoms with Crippen LogP contribution in [0.25, 0.3) is 33.9 Å². The monoisotopic (exact) mass is 681 g/mol. The molecule has 5 rings (SSSR count). The van der Waals surface area contributed by atoms with Crippen molar-refractivity contribution in [3.05, 3.63) is 59.0 Å². The summed E-state index contributed by atoms with van der Waals surface area (Å²) in [7, 11) is 0. The van der Waals surface area contributed by atoms with Crippen molar-refractivity contribution in [3.8, 4) is 33.9 Å². The first-order valence-corrected chi connectivity index (χ1v) is 13.6. The Morgan fingerprint density at radius 2 is 1.50 bits per heavy atom. The molecule has 0 fully saturated rings. The van der Waals surface area contributed by atoms with Gasteiger partial charge in [-0.15, -0.1) is 11.8 Å². The van der Waals surface area contributed by atoms with Crippen LogP contribution in [0.2, 0.25) is 10.0 Å². The van der Waals surface area contributed by atoms with E-state index in [1.807, 2.05) is 30.3 Å². The van der Waals surface area contributed by atoms with E-state index in [0.29, 0.717) is 26.7 Å². The lowest BCUT2D eigenvalue weighted by Gasteiger charge is -2.10. The summed E-state index contributed by atoms with van der Waals surface area (Å²) in [5.41, 5.74) is 5.05. The van der Waals surface area contributed by atoms with Crippen molar-refractivity contribution in [2.75, 3.05) is 5.32 Å². The van der Waals surface area contributed by atoms with Crippen molar-refractivity contribution in [3.63, 3.8) is 0 Å². The molecule has 4 aromatic rings. The maximum absolute atomic E-state index is 10.6. The number of hydrogen-bond acceptors (Lipinski definition) is 7. The first kappa shape index (κ1) is 34.5. The van der Waals surface area contributed by atoms with Crippen molar-refractivity contribution in [1.29, 1.82) is 0 Å². The minimum Gasteiger partial charge on any atom is -0.475 e. The number of carboxylic acid groups (broad SMARTS) is 2. The fourth-order valence-corrected chi connectivity index (χ4v) is 5.24. The second kappa shape index (κ2) is 13.7. The number of aliphatic carboxylic acids is 2. The molecular weight excluding hydrogens is 663 g/mol. The van der Waals surface area contributed by atoms with Crippen LogP contribution in [0, 0.1) is 0 Å². The fourth-order valence-electron chi connectivity index (χ4n) is 3.53. The largest absolute Gasteiger partial charge is 0.490 e. The lowest BCUT2D eigenvalue weighted by Crippen LogP contribution is -2.21. The van der Waals surface area contributed by atoms with Crippen molar-refractivity contribution in [2.24, 2.45) is 0 Å². The maximum Gasteiger partial charge on any atom is 0.490 e. The van der Waals surface area contributed by atoms with Gasteiger partial charge in [-0.3, -0.25) is 4.98 Å². The van der Waals surface area contributed by atoms with Gasteiger partial charge in [-0.25, -0.2) is 19.6 Å². The molecule has 9 nitrogen and oxygen atoms in total. The van der Waals surface area contributed by atoms with E-state index >= 15 is 0 Å². The summed E-state index contributed by atoms with van der Waals surface area (Å²) in [6, 6.07) is 9.71. The average Bonchev–Trinajstić information content (AvgIpc) is 3.27. The van der Waals surface area contributed by atoms with Gasteiger partial charge in [0.2, 0.25) is 0 Å². The Bertz CT molecular complexity index is 1570. The molecule has 0 spiro atoms. The van der Waals surface area contributed by atoms with Gasteiger partial charge in [-0.1, -0.05) is 37.0 Å². The predicted molar refractivity (Wildman–Crippen MR) is 152 cm³/mol. The lowest BCUT2D eigenvalue weighted by atomic mass is 10.1. The Kier molecular flexibility index (Phi) is 10.8. The molecule has 44 heavy (non-hydrogen) atoms. The van der Waals surface area contributed by atoms with Crippen molar-refractivity contribution in [2.45, 2.75) is 36.3 Å². The molecule has 0 saturated heterocycles. The SMILES string of the molecule is CC(C)Sc1cc(Cl)c(-c2nc3c([nH]2)-c2ccncc2Nc2ncccc2-3)c(Cl)c1.O=C(O)C(F)(F)F.O=C(O)C(F)(F)F. The van der Waals surface area contributed by atoms with Gasteiger partial charge in [-0.05, 0) is 30.3 Å². The zero-order valence-corrected chi connectivity index (χ0v) is 24.5. The predicted octanol–water partition coefficient (Wildman–Crippen LogP) is 8.33. The first-order valence-electron chi connectivity index (χ1n) is 11.9. The molecule has 4 heterocycles. The highest BCUT2D eigenvalue weighted by molar-refractivity contribution is 7.99. The molecule has 0 radical (unpaired) electrons. The topological polar surface area (TPSA) is 141 Å². The Labute approximate surface area is 258 Å². The highest BCUT2D eigenvalue weighted by atomic mass is 35.5. The highest BCUT2D eigenvalue weighted by Gasteiger charge is 2.39. The van der Waals surface area contributed by atoms with Gasteiger partial charge in [0, 0.05) is 33.7 Å². The van der Waals surface area contributed by atoms with Gasteiger partial charge < -0.3 is 20.5 Å². The summed E-state index contributed by atoms with van der Waals surface area (Å²) in [6.45, 7) is 4.27. The molecule has 1 aromatic carbocycles. The summed E-state index contributed by atoms with van der Waals surface area (Å²) in [5, 5.41) is 19.2. The van der Waals surface area contributed by atoms with Gasteiger partial charge in [0.1, 0.15) is 17.3 Å². The van der Waals surface area contributed by atoms with Crippen LogP contribution in [0.5, 0.6) is 0 Å². The van der Waals surface area contributed by atoms with Gasteiger partial charge in [0.25, 0.3) is 0 Å². The zero-order chi connectivity index (χ0) is 33.0. The number of nitrogens with one attached hydrogen (secondary N) is 2. The second-order valence-electron chi connectivity index (χ2n) is 8.79. The number of carboxylic acids is 2. The van der Waals surface area contributed by atoms with Crippen molar-refractivity contribution < 1.29 is 46.1 Å². The zero-order valence-electron chi connectivity index (χ0n) is 22.2. The third-order valence-corrected chi connectivity index (χ3v) is 6.79. The number of thioether (sulfide) groups is 1. The number of fused-ring (bicyclic) bond motifs is 5. The van der Waals surface area contributed by atoms with Gasteiger partial charge in [-0.2, -0.15) is 26.3 Å². The molecule has 0 amide bonds. The van der Waals surface area contributed by atoms with E-state index in [-0.39, 0.29) is 0 Å². The third kappa shape index (κ3) is 8.54. The van der Waals surface area contributed by atoms with E-state index in [1.165, 1.54) is 0 Å². The van der Waals surface area contributed by atoms with Crippen LogP contribution in [-0.4, -0.2) is 59.7 Å². The Hall–Kier alpha value is -4.02. The number of pyridine rings is 2. The molecule has 234 valence electrons. The van der Waals surface area contributed by atoms with Gasteiger partial charge >= 0.3 is 24.3 Å². The highest BCUT2D eigenvalue weighted by Crippen LogP contribution is 2.45. The summed E-state index contributed by atoms with van der Waals surface area (Å²) in [6.07, 6.45) is -4.88. The molecular formula is C26H19Cl2F6N5O4S. The molecule has 0 bridgehead atoms. The van der Waals surface area contributed by atoms with Crippen LogP contribution < -0.4 is 5.32 Å². The summed E-state index contributed by atoms with van der Waals surface area (Å²) in [5.74, 6) is -4.17. The number of rotatable bonds is 3. The molecule has 0 saturated carbocycles. The van der Waals surface area contributed by atoms with Crippen molar-refractivity contribution >= 4 is 58.4 Å². The van der Waals surface area contributed by atoms with Crippen LogP contribution in [0.15, 0.2) is 53.8 Å². The van der Waals surface area contributed by atoms with Crippen LogP contribution in [0.3, 0.4) is 0 Å². The number of hydrogen-bond donors (Lipinski definition) is 4. The quantitative estimate of drug-likeness (QED) is 0.109. The molecule has 4 N–H and O–H groups in total. The van der Waals surface area contributed by atoms with Crippen molar-refractivity contribution in [1.82, 2.24) is 19.9 Å². The molecule has 1 aliphatic heterocycles. The molecule has 0 atom stereocenters. The molecule has 0 unspecified atom stereocenters. The minimum absolute atomic E-state index is 0.435. The minimum atomic E-state index is -5.08. The molecule has 0 aliphatic carbocycles. The average molecular weight is 682 g/mol. The van der Waals surface area contributed by atoms with E-state index in [9.17, 15) is 26.3 Å². The smallest absolute Gasteiger partial charge is 0.475 e. The lowest BCUT2D eigenvalue weighted by molar-refractivity contribution is -0.193. The Morgan fingerprint density at radius 1 is 0.932 bits per heavy atom. The van der Waals surface area contributed by atoms with Gasteiger partial charge in [0.15, 0.2) is 0 Å². The Balaban J connectivity index is 0.000000317. The number of carbonyl (C=O) groups is 2. The summed E-state index contributed by atoms with van der Waals surface area (Å²) in [4.78, 5) is 35.9. The number of H-pyrrole nitrogens is 1. The number of benzene rings is 1. The van der Waals surface area contributed by atoms with E-state index in [1.54, 1.807) is 30.4 Å². The van der Waals surface area contributed by atoms with Crippen LogP contribution in [0.4, 0.5) is 37.8 Å².